The Morgan fingerprint density at radius 1 is 1.15 bits per heavy atom. The van der Waals surface area contributed by atoms with E-state index in [0.29, 0.717) is 16.8 Å². The molecule has 6 nitrogen and oxygen atoms in total. The molecule has 1 amide bonds. The molecule has 168 valence electrons. The quantitative estimate of drug-likeness (QED) is 0.425. The van der Waals surface area contributed by atoms with Crippen molar-refractivity contribution in [1.82, 2.24) is 24.6 Å². The molecule has 33 heavy (non-hydrogen) atoms. The van der Waals surface area contributed by atoms with Crippen LogP contribution in [0.2, 0.25) is 0 Å². The average Bonchev–Trinajstić information content (AvgIpc) is 3.22. The average molecular weight is 508 g/mol. The maximum Gasteiger partial charge on any atom is 0.253 e. The maximum absolute atomic E-state index is 13.4. The molecule has 1 aliphatic heterocycles. The summed E-state index contributed by atoms with van der Waals surface area (Å²) in [5.74, 6) is -0.435. The normalized spacial score (nSPS) is 15.1. The van der Waals surface area contributed by atoms with E-state index in [1.54, 1.807) is 30.5 Å². The van der Waals surface area contributed by atoms with Crippen LogP contribution >= 0.6 is 15.9 Å². The van der Waals surface area contributed by atoms with Crippen LogP contribution in [0.1, 0.15) is 28.8 Å². The van der Waals surface area contributed by atoms with Crippen LogP contribution in [-0.2, 0) is 6.54 Å². The van der Waals surface area contributed by atoms with Gasteiger partial charge in [0.05, 0.1) is 11.3 Å². The van der Waals surface area contributed by atoms with Gasteiger partial charge in [-0.3, -0.25) is 14.7 Å². The van der Waals surface area contributed by atoms with Gasteiger partial charge in [0.1, 0.15) is 16.1 Å². The summed E-state index contributed by atoms with van der Waals surface area (Å²) in [6, 6.07) is 14.0. The molecule has 3 aromatic heterocycles. The fourth-order valence-corrected chi connectivity index (χ4v) is 4.65. The number of aromatic nitrogens is 3. The third-order valence-electron chi connectivity index (χ3n) is 6.00. The molecule has 0 atom stereocenters. The number of carbonyl (C=O) groups is 1. The number of fused-ring (bicyclic) bond motifs is 1. The molecule has 5 rings (SSSR count). The number of pyridine rings is 2. The number of nitrogens with one attached hydrogen (secondary N) is 1. The van der Waals surface area contributed by atoms with Gasteiger partial charge in [0, 0.05) is 55.4 Å². The van der Waals surface area contributed by atoms with Gasteiger partial charge in [0.25, 0.3) is 5.91 Å². The van der Waals surface area contributed by atoms with Crippen molar-refractivity contribution in [2.45, 2.75) is 25.4 Å². The number of carbonyl (C=O) groups excluding carboxylic acids is 1. The molecular weight excluding hydrogens is 485 g/mol. The van der Waals surface area contributed by atoms with Gasteiger partial charge in [0.2, 0.25) is 0 Å². The van der Waals surface area contributed by atoms with Crippen LogP contribution in [-0.4, -0.2) is 44.3 Å². The first kappa shape index (κ1) is 21.7. The molecule has 8 heteroatoms. The van der Waals surface area contributed by atoms with Crippen LogP contribution < -0.4 is 5.32 Å². The van der Waals surface area contributed by atoms with Gasteiger partial charge < -0.3 is 9.72 Å². The van der Waals surface area contributed by atoms with Crippen molar-refractivity contribution >= 4 is 27.5 Å². The highest BCUT2D eigenvalue weighted by molar-refractivity contribution is 9.10. The predicted octanol–water partition coefficient (Wildman–Crippen LogP) is 4.69. The van der Waals surface area contributed by atoms with E-state index in [4.69, 9.17) is 0 Å². The molecule has 0 radical (unpaired) electrons. The van der Waals surface area contributed by atoms with Gasteiger partial charge in [0.15, 0.2) is 0 Å². The van der Waals surface area contributed by atoms with Crippen LogP contribution in [0.4, 0.5) is 4.39 Å². The monoisotopic (exact) mass is 507 g/mol. The molecule has 1 aliphatic rings. The zero-order valence-electron chi connectivity index (χ0n) is 17.9. The second-order valence-electron chi connectivity index (χ2n) is 8.29. The number of amides is 1. The lowest BCUT2D eigenvalue weighted by atomic mass is 10.0. The number of benzene rings is 1. The Balaban J connectivity index is 1.16. The minimum absolute atomic E-state index is 0.126. The maximum atomic E-state index is 13.4. The first-order valence-electron chi connectivity index (χ1n) is 10.9. The minimum atomic E-state index is -0.309. The topological polar surface area (TPSA) is 62.5 Å². The Morgan fingerprint density at radius 3 is 2.76 bits per heavy atom. The van der Waals surface area contributed by atoms with E-state index in [-0.39, 0.29) is 17.8 Å². The largest absolute Gasteiger partial charge is 0.349 e. The number of halogens is 2. The molecular formula is C25H23BrFN5O. The highest BCUT2D eigenvalue weighted by Crippen LogP contribution is 2.20. The first-order valence-corrected chi connectivity index (χ1v) is 11.7. The van der Waals surface area contributed by atoms with E-state index in [2.05, 4.69) is 42.2 Å². The second kappa shape index (κ2) is 9.41. The third-order valence-corrected chi connectivity index (χ3v) is 6.38. The molecule has 4 heterocycles. The minimum Gasteiger partial charge on any atom is -0.349 e. The highest BCUT2D eigenvalue weighted by Gasteiger charge is 2.22. The fourth-order valence-electron chi connectivity index (χ4n) is 4.26. The van der Waals surface area contributed by atoms with E-state index in [0.717, 1.165) is 42.7 Å². The van der Waals surface area contributed by atoms with Crippen molar-refractivity contribution in [2.24, 2.45) is 0 Å². The molecule has 1 saturated heterocycles. The summed E-state index contributed by atoms with van der Waals surface area (Å²) in [6.45, 7) is 2.65. The van der Waals surface area contributed by atoms with Crippen LogP contribution in [0.5, 0.6) is 0 Å². The molecule has 1 aromatic carbocycles. The van der Waals surface area contributed by atoms with E-state index < -0.39 is 0 Å². The second-order valence-corrected chi connectivity index (χ2v) is 9.11. The van der Waals surface area contributed by atoms with Gasteiger partial charge in [-0.25, -0.2) is 9.37 Å². The molecule has 0 unspecified atom stereocenters. The molecule has 0 aliphatic carbocycles. The Hall–Kier alpha value is -3.10. The Morgan fingerprint density at radius 2 is 2.00 bits per heavy atom. The number of imidazole rings is 1. The van der Waals surface area contributed by atoms with Gasteiger partial charge in [-0.15, -0.1) is 0 Å². The molecule has 4 aromatic rings. The number of nitrogens with zero attached hydrogens (tertiary/aromatic N) is 4. The first-order chi connectivity index (χ1) is 16.0. The third kappa shape index (κ3) is 4.96. The summed E-state index contributed by atoms with van der Waals surface area (Å²) in [5.41, 5.74) is 3.99. The molecule has 0 saturated carbocycles. The smallest absolute Gasteiger partial charge is 0.253 e. The summed E-state index contributed by atoms with van der Waals surface area (Å²) in [6.07, 6.45) is 7.29. The Kier molecular flexibility index (Phi) is 6.20. The van der Waals surface area contributed by atoms with Gasteiger partial charge in [-0.2, -0.15) is 0 Å². The highest BCUT2D eigenvalue weighted by atomic mass is 79.9. The van der Waals surface area contributed by atoms with E-state index >= 15 is 0 Å². The summed E-state index contributed by atoms with van der Waals surface area (Å²) < 4.78 is 16.3. The number of likely N-dealkylation sites (tertiary alicyclic amines) is 1. The lowest BCUT2D eigenvalue weighted by Gasteiger charge is -2.32. The van der Waals surface area contributed by atoms with Gasteiger partial charge >= 0.3 is 0 Å². The van der Waals surface area contributed by atoms with Crippen molar-refractivity contribution in [3.63, 3.8) is 0 Å². The standard InChI is InChI=1S/C25H23BrFN5O/c26-23-16-32-10-2-4-19(24(32)30-23)15-31-11-8-21(9-12-31)29-25(33)18-6-7-22(28-14-18)17-3-1-5-20(27)13-17/h1-7,10,13-14,16,21H,8-9,11-12,15H2,(H,29,33). The van der Waals surface area contributed by atoms with Crippen molar-refractivity contribution in [3.8, 4) is 11.3 Å². The van der Waals surface area contributed by atoms with Crippen LogP contribution in [0.25, 0.3) is 16.9 Å². The van der Waals surface area contributed by atoms with E-state index in [1.807, 2.05) is 22.9 Å². The zero-order valence-corrected chi connectivity index (χ0v) is 19.5. The number of piperidine rings is 1. The van der Waals surface area contributed by atoms with Crippen LogP contribution in [0.3, 0.4) is 0 Å². The molecule has 0 spiro atoms. The zero-order chi connectivity index (χ0) is 22.8. The Labute approximate surface area is 199 Å². The van der Waals surface area contributed by atoms with Crippen molar-refractivity contribution in [1.29, 1.82) is 0 Å². The number of hydrogen-bond acceptors (Lipinski definition) is 4. The van der Waals surface area contributed by atoms with Crippen LogP contribution in [0.15, 0.2) is 71.7 Å². The summed E-state index contributed by atoms with van der Waals surface area (Å²) in [4.78, 5) is 24.0. The van der Waals surface area contributed by atoms with Gasteiger partial charge in [-0.05, 0) is 59.1 Å². The van der Waals surface area contributed by atoms with Crippen LogP contribution in [0, 0.1) is 5.82 Å². The van der Waals surface area contributed by atoms with E-state index in [9.17, 15) is 9.18 Å². The summed E-state index contributed by atoms with van der Waals surface area (Å²) in [5, 5.41) is 3.13. The lowest BCUT2D eigenvalue weighted by Crippen LogP contribution is -2.44. The molecule has 0 bridgehead atoms. The SMILES string of the molecule is O=C(NC1CCN(Cc2cccn3cc(Br)nc23)CC1)c1ccc(-c2cccc(F)c2)nc1. The fraction of sp³-hybridized carbons (Fsp3) is 0.240. The number of rotatable bonds is 5. The van der Waals surface area contributed by atoms with E-state index in [1.165, 1.54) is 17.7 Å². The number of hydrogen-bond donors (Lipinski definition) is 1. The van der Waals surface area contributed by atoms with Crippen molar-refractivity contribution in [2.75, 3.05) is 13.1 Å². The van der Waals surface area contributed by atoms with Crippen molar-refractivity contribution < 1.29 is 9.18 Å². The van der Waals surface area contributed by atoms with Crippen molar-refractivity contribution in [3.05, 3.63) is 88.7 Å². The Bertz CT molecular complexity index is 1280. The molecule has 1 N–H and O–H groups in total. The van der Waals surface area contributed by atoms with Gasteiger partial charge in [-0.1, -0.05) is 18.2 Å². The summed E-state index contributed by atoms with van der Waals surface area (Å²) in [7, 11) is 0. The predicted molar refractivity (Wildman–Crippen MR) is 128 cm³/mol. The molecule has 1 fully saturated rings. The summed E-state index contributed by atoms with van der Waals surface area (Å²) >= 11 is 3.45. The lowest BCUT2D eigenvalue weighted by molar-refractivity contribution is 0.0908.